The average molecular weight is 450 g/mol. The molecule has 1 fully saturated rings. The standard InChI is InChI=1S/C23H27N3O2.2ClH/c1-17-22(23(27)18-7-9-19(24-2)10-8-18)20-5-3-4-6-21(20)26(17)12-11-25-13-15-28-16-14-25;;/h3-10,24H,11-16H2,1-2H3;2*1H. The van der Waals surface area contributed by atoms with Gasteiger partial charge < -0.3 is 14.6 Å². The number of anilines is 1. The minimum atomic E-state index is 0. The molecule has 0 atom stereocenters. The lowest BCUT2D eigenvalue weighted by molar-refractivity contribution is 0.0365. The largest absolute Gasteiger partial charge is 0.388 e. The monoisotopic (exact) mass is 449 g/mol. The van der Waals surface area contributed by atoms with Gasteiger partial charge in [0.2, 0.25) is 0 Å². The molecular weight excluding hydrogens is 421 g/mol. The van der Waals surface area contributed by atoms with Gasteiger partial charge in [0.15, 0.2) is 5.78 Å². The predicted octanol–water partition coefficient (Wildman–Crippen LogP) is 4.40. The summed E-state index contributed by atoms with van der Waals surface area (Å²) in [4.78, 5) is 15.8. The van der Waals surface area contributed by atoms with Gasteiger partial charge in [0.1, 0.15) is 0 Å². The number of rotatable bonds is 6. The van der Waals surface area contributed by atoms with Crippen molar-refractivity contribution >= 4 is 47.2 Å². The van der Waals surface area contributed by atoms with Crippen LogP contribution in [0.2, 0.25) is 0 Å². The molecule has 1 saturated heterocycles. The van der Waals surface area contributed by atoms with Crippen LogP contribution in [0.5, 0.6) is 0 Å². The first-order valence-corrected chi connectivity index (χ1v) is 9.89. The molecule has 4 rings (SSSR count). The van der Waals surface area contributed by atoms with E-state index >= 15 is 0 Å². The molecule has 1 aromatic heterocycles. The second kappa shape index (κ2) is 10.8. The van der Waals surface area contributed by atoms with E-state index in [2.05, 4.69) is 33.8 Å². The fourth-order valence-corrected chi connectivity index (χ4v) is 4.00. The second-order valence-corrected chi connectivity index (χ2v) is 7.24. The summed E-state index contributed by atoms with van der Waals surface area (Å²) in [6, 6.07) is 15.9. The number of aromatic nitrogens is 1. The molecule has 0 aliphatic carbocycles. The van der Waals surface area contributed by atoms with Crippen LogP contribution in [-0.4, -0.2) is 55.1 Å². The highest BCUT2D eigenvalue weighted by Gasteiger charge is 2.21. The normalized spacial score (nSPS) is 14.1. The summed E-state index contributed by atoms with van der Waals surface area (Å²) >= 11 is 0. The Hall–Kier alpha value is -2.05. The van der Waals surface area contributed by atoms with Gasteiger partial charge >= 0.3 is 0 Å². The van der Waals surface area contributed by atoms with Gasteiger partial charge in [0.25, 0.3) is 0 Å². The zero-order valence-corrected chi connectivity index (χ0v) is 19.0. The number of nitrogens with one attached hydrogen (secondary N) is 1. The van der Waals surface area contributed by atoms with Crippen LogP contribution in [-0.2, 0) is 11.3 Å². The summed E-state index contributed by atoms with van der Waals surface area (Å²) in [5.41, 5.74) is 4.70. The molecule has 7 heteroatoms. The van der Waals surface area contributed by atoms with Crippen LogP contribution in [0, 0.1) is 6.92 Å². The number of nitrogens with zero attached hydrogens (tertiary/aromatic N) is 2. The molecule has 0 radical (unpaired) electrons. The number of morpholine rings is 1. The first kappa shape index (κ1) is 24.2. The number of fused-ring (bicyclic) bond motifs is 1. The van der Waals surface area contributed by atoms with E-state index in [1.54, 1.807) is 0 Å². The summed E-state index contributed by atoms with van der Waals surface area (Å²) in [7, 11) is 1.88. The molecule has 1 aliphatic heterocycles. The Morgan fingerprint density at radius 3 is 2.33 bits per heavy atom. The molecule has 0 unspecified atom stereocenters. The zero-order valence-electron chi connectivity index (χ0n) is 17.4. The van der Waals surface area contributed by atoms with Crippen molar-refractivity contribution in [3.8, 4) is 0 Å². The SMILES string of the molecule is CNc1ccc(C(=O)c2c(C)n(CCN3CCOCC3)c3ccccc23)cc1.Cl.Cl. The maximum atomic E-state index is 13.3. The molecule has 2 heterocycles. The van der Waals surface area contributed by atoms with E-state index in [1.165, 1.54) is 0 Å². The van der Waals surface area contributed by atoms with Gasteiger partial charge in [-0.05, 0) is 37.3 Å². The van der Waals surface area contributed by atoms with Gasteiger partial charge in [-0.25, -0.2) is 0 Å². The summed E-state index contributed by atoms with van der Waals surface area (Å²) in [5, 5.41) is 4.13. The maximum absolute atomic E-state index is 13.3. The van der Waals surface area contributed by atoms with Crippen LogP contribution in [0.4, 0.5) is 5.69 Å². The highest BCUT2D eigenvalue weighted by Crippen LogP contribution is 2.28. The first-order chi connectivity index (χ1) is 13.7. The lowest BCUT2D eigenvalue weighted by Gasteiger charge is -2.27. The number of ketones is 1. The van der Waals surface area contributed by atoms with E-state index < -0.39 is 0 Å². The summed E-state index contributed by atoms with van der Waals surface area (Å²) < 4.78 is 7.74. The van der Waals surface area contributed by atoms with Crippen molar-refractivity contribution in [3.05, 3.63) is 65.4 Å². The van der Waals surface area contributed by atoms with E-state index in [0.717, 1.165) is 72.8 Å². The van der Waals surface area contributed by atoms with E-state index in [4.69, 9.17) is 4.74 Å². The molecule has 3 aromatic rings. The molecule has 0 spiro atoms. The van der Waals surface area contributed by atoms with Crippen molar-refractivity contribution in [2.24, 2.45) is 0 Å². The third-order valence-corrected chi connectivity index (χ3v) is 5.64. The van der Waals surface area contributed by atoms with Crippen LogP contribution < -0.4 is 5.32 Å². The van der Waals surface area contributed by atoms with Crippen molar-refractivity contribution in [2.75, 3.05) is 45.2 Å². The van der Waals surface area contributed by atoms with Crippen molar-refractivity contribution in [2.45, 2.75) is 13.5 Å². The van der Waals surface area contributed by atoms with Gasteiger partial charge in [0.05, 0.1) is 18.8 Å². The fourth-order valence-electron chi connectivity index (χ4n) is 4.00. The molecule has 162 valence electrons. The van der Waals surface area contributed by atoms with Gasteiger partial charge in [-0.15, -0.1) is 24.8 Å². The van der Waals surface area contributed by atoms with Crippen LogP contribution in [0.3, 0.4) is 0 Å². The number of carbonyl (C=O) groups excluding carboxylic acids is 1. The molecule has 0 amide bonds. The minimum absolute atomic E-state index is 0. The van der Waals surface area contributed by atoms with Crippen LogP contribution >= 0.6 is 24.8 Å². The van der Waals surface area contributed by atoms with Crippen molar-refractivity contribution in [1.82, 2.24) is 9.47 Å². The first-order valence-electron chi connectivity index (χ1n) is 9.89. The van der Waals surface area contributed by atoms with Gasteiger partial charge in [-0.2, -0.15) is 0 Å². The Bertz CT molecular complexity index is 980. The van der Waals surface area contributed by atoms with Gasteiger partial charge in [-0.3, -0.25) is 9.69 Å². The Morgan fingerprint density at radius 2 is 1.67 bits per heavy atom. The average Bonchev–Trinajstić information content (AvgIpc) is 3.03. The molecule has 5 nitrogen and oxygen atoms in total. The highest BCUT2D eigenvalue weighted by atomic mass is 35.5. The molecule has 1 aliphatic rings. The minimum Gasteiger partial charge on any atom is -0.388 e. The predicted molar refractivity (Wildman–Crippen MR) is 128 cm³/mol. The summed E-state index contributed by atoms with van der Waals surface area (Å²) in [6.07, 6.45) is 0. The van der Waals surface area contributed by atoms with E-state index in [0.29, 0.717) is 0 Å². The number of benzene rings is 2. The Kier molecular flexibility index (Phi) is 8.74. The Labute approximate surface area is 190 Å². The Balaban J connectivity index is 0.00000160. The maximum Gasteiger partial charge on any atom is 0.195 e. The quantitative estimate of drug-likeness (QED) is 0.566. The third kappa shape index (κ3) is 4.81. The summed E-state index contributed by atoms with van der Waals surface area (Å²) in [6.45, 7) is 7.46. The highest BCUT2D eigenvalue weighted by molar-refractivity contribution is 6.17. The van der Waals surface area contributed by atoms with E-state index in [9.17, 15) is 4.79 Å². The van der Waals surface area contributed by atoms with Crippen molar-refractivity contribution < 1.29 is 9.53 Å². The molecule has 0 bridgehead atoms. The number of hydrogen-bond donors (Lipinski definition) is 1. The van der Waals surface area contributed by atoms with Crippen molar-refractivity contribution in [1.29, 1.82) is 0 Å². The lowest BCUT2D eigenvalue weighted by atomic mass is 10.0. The van der Waals surface area contributed by atoms with Crippen LogP contribution in [0.1, 0.15) is 21.6 Å². The van der Waals surface area contributed by atoms with Crippen molar-refractivity contribution in [3.63, 3.8) is 0 Å². The topological polar surface area (TPSA) is 46.5 Å². The molecular formula is C23H29Cl2N3O2. The van der Waals surface area contributed by atoms with Crippen LogP contribution in [0.25, 0.3) is 10.9 Å². The van der Waals surface area contributed by atoms with E-state index in [1.807, 2.05) is 43.4 Å². The number of para-hydroxylation sites is 1. The van der Waals surface area contributed by atoms with E-state index in [-0.39, 0.29) is 30.6 Å². The second-order valence-electron chi connectivity index (χ2n) is 7.24. The van der Waals surface area contributed by atoms with Gasteiger partial charge in [0, 0.05) is 61.1 Å². The number of carbonyl (C=O) groups is 1. The number of hydrogen-bond acceptors (Lipinski definition) is 4. The summed E-state index contributed by atoms with van der Waals surface area (Å²) in [5.74, 6) is 0.0847. The van der Waals surface area contributed by atoms with Crippen LogP contribution in [0.15, 0.2) is 48.5 Å². The Morgan fingerprint density at radius 1 is 1.00 bits per heavy atom. The lowest BCUT2D eigenvalue weighted by Crippen LogP contribution is -2.38. The number of ether oxygens (including phenoxy) is 1. The molecule has 2 aromatic carbocycles. The number of halogens is 2. The van der Waals surface area contributed by atoms with Gasteiger partial charge in [-0.1, -0.05) is 18.2 Å². The molecule has 0 saturated carbocycles. The zero-order chi connectivity index (χ0) is 19.5. The smallest absolute Gasteiger partial charge is 0.195 e. The molecule has 1 N–H and O–H groups in total. The molecule has 30 heavy (non-hydrogen) atoms. The third-order valence-electron chi connectivity index (χ3n) is 5.64. The fraction of sp³-hybridized carbons (Fsp3) is 0.348.